The van der Waals surface area contributed by atoms with E-state index in [-0.39, 0.29) is 22.4 Å². The number of thioether (sulfide) groups is 1. The van der Waals surface area contributed by atoms with E-state index in [0.717, 1.165) is 16.8 Å². The highest BCUT2D eigenvalue weighted by molar-refractivity contribution is 8.02. The molecule has 1 fully saturated rings. The number of carbonyl (C=O) groups excluding carboxylic acids is 2. The first-order chi connectivity index (χ1) is 15.7. The van der Waals surface area contributed by atoms with Crippen LogP contribution in [0.1, 0.15) is 35.3 Å². The van der Waals surface area contributed by atoms with Crippen molar-refractivity contribution >= 4 is 40.9 Å². The normalized spacial score (nSPS) is 21.0. The predicted molar refractivity (Wildman–Crippen MR) is 130 cm³/mol. The second kappa shape index (κ2) is 7.89. The second-order valence-electron chi connectivity index (χ2n) is 8.94. The fraction of sp³-hybridized carbons (Fsp3) is 0.231. The van der Waals surface area contributed by atoms with Gasteiger partial charge in [-0.2, -0.15) is 0 Å². The van der Waals surface area contributed by atoms with Gasteiger partial charge in [0, 0.05) is 27.4 Å². The van der Waals surface area contributed by atoms with Crippen LogP contribution in [0.25, 0.3) is 0 Å². The number of hydrogen-bond donors (Lipinski definition) is 0. The largest absolute Gasteiger partial charge is 0.310 e. The lowest BCUT2D eigenvalue weighted by molar-refractivity contribution is -0.123. The number of hydrogen-bond acceptors (Lipinski definition) is 3. The molecule has 4 nitrogen and oxygen atoms in total. The second-order valence-corrected chi connectivity index (χ2v) is 11.3. The van der Waals surface area contributed by atoms with Crippen LogP contribution in [0, 0.1) is 5.82 Å². The number of para-hydroxylation sites is 1. The van der Waals surface area contributed by atoms with Crippen LogP contribution in [0.15, 0.2) is 72.8 Å². The molecular weight excluding hydrogens is 459 g/mol. The molecule has 33 heavy (non-hydrogen) atoms. The molecule has 2 amide bonds. The molecule has 3 aromatic carbocycles. The van der Waals surface area contributed by atoms with E-state index in [0.29, 0.717) is 23.7 Å². The molecule has 2 heterocycles. The molecule has 1 atom stereocenters. The Bertz CT molecular complexity index is 1250. The number of nitrogens with zero attached hydrogens (tertiary/aromatic N) is 2. The Labute approximate surface area is 201 Å². The van der Waals surface area contributed by atoms with Crippen molar-refractivity contribution in [2.24, 2.45) is 0 Å². The third-order valence-electron chi connectivity index (χ3n) is 6.03. The minimum atomic E-state index is -1.17. The molecule has 2 aliphatic rings. The van der Waals surface area contributed by atoms with E-state index in [4.69, 9.17) is 11.6 Å². The average molecular weight is 481 g/mol. The molecule has 7 heteroatoms. The summed E-state index contributed by atoms with van der Waals surface area (Å²) in [6.07, 6.45) is 0. The van der Waals surface area contributed by atoms with Crippen LogP contribution in [0.3, 0.4) is 0 Å². The maximum absolute atomic E-state index is 14.2. The third-order valence-corrected chi connectivity index (χ3v) is 7.87. The first kappa shape index (κ1) is 22.0. The van der Waals surface area contributed by atoms with Gasteiger partial charge in [-0.25, -0.2) is 4.39 Å². The van der Waals surface area contributed by atoms with E-state index in [1.54, 1.807) is 46.2 Å². The van der Waals surface area contributed by atoms with Gasteiger partial charge in [-0.3, -0.25) is 9.59 Å². The summed E-state index contributed by atoms with van der Waals surface area (Å²) in [6, 6.07) is 20.5. The molecule has 0 aliphatic carbocycles. The summed E-state index contributed by atoms with van der Waals surface area (Å²) < 4.78 is 13.1. The molecule has 0 unspecified atom stereocenters. The lowest BCUT2D eigenvalue weighted by Crippen LogP contribution is -2.50. The van der Waals surface area contributed by atoms with Crippen LogP contribution in [0.4, 0.5) is 10.1 Å². The summed E-state index contributed by atoms with van der Waals surface area (Å²) in [5.74, 6) is -0.696. The van der Waals surface area contributed by atoms with Crippen molar-refractivity contribution in [2.45, 2.75) is 30.0 Å². The molecule has 3 aromatic rings. The Balaban J connectivity index is 1.61. The van der Waals surface area contributed by atoms with Crippen molar-refractivity contribution in [1.29, 1.82) is 0 Å². The van der Waals surface area contributed by atoms with Gasteiger partial charge in [0.05, 0.1) is 12.2 Å². The van der Waals surface area contributed by atoms with E-state index in [9.17, 15) is 14.0 Å². The van der Waals surface area contributed by atoms with Gasteiger partial charge >= 0.3 is 0 Å². The molecule has 0 aromatic heterocycles. The fourth-order valence-corrected chi connectivity index (χ4v) is 6.49. The Kier molecular flexibility index (Phi) is 5.26. The number of amides is 2. The SMILES string of the molecule is CC1(C)CN(C(=O)c2ccc(Cl)cc2)[C@]2(S1)C(=O)N(Cc1ccc(F)cc1)c1ccccc12. The summed E-state index contributed by atoms with van der Waals surface area (Å²) in [6.45, 7) is 4.81. The topological polar surface area (TPSA) is 40.6 Å². The maximum atomic E-state index is 14.2. The van der Waals surface area contributed by atoms with Crippen LogP contribution in [0.2, 0.25) is 5.02 Å². The molecule has 5 rings (SSSR count). The van der Waals surface area contributed by atoms with Crippen LogP contribution in [-0.2, 0) is 16.2 Å². The fourth-order valence-electron chi connectivity index (χ4n) is 4.63. The van der Waals surface area contributed by atoms with E-state index in [2.05, 4.69) is 0 Å². The highest BCUT2D eigenvalue weighted by Crippen LogP contribution is 2.60. The van der Waals surface area contributed by atoms with Crippen molar-refractivity contribution < 1.29 is 14.0 Å². The molecular formula is C26H22ClFN2O2S. The van der Waals surface area contributed by atoms with Crippen molar-refractivity contribution in [3.05, 3.63) is 100 Å². The number of anilines is 1. The summed E-state index contributed by atoms with van der Waals surface area (Å²) in [5.41, 5.74) is 2.87. The molecule has 1 spiro atoms. The summed E-state index contributed by atoms with van der Waals surface area (Å²) in [4.78, 5) is 30.1. The Hall–Kier alpha value is -2.83. The van der Waals surface area contributed by atoms with Crippen LogP contribution >= 0.6 is 23.4 Å². The standard InChI is InChI=1S/C26H22ClFN2O2S/c1-25(2)16-30(23(31)18-9-11-19(27)12-10-18)26(33-25)21-5-3-4-6-22(21)29(24(26)32)15-17-7-13-20(28)14-8-17/h3-14H,15-16H2,1-2H3/t26-/m1/s1. The Morgan fingerprint density at radius 2 is 1.70 bits per heavy atom. The van der Waals surface area contributed by atoms with Gasteiger partial charge < -0.3 is 9.80 Å². The minimum absolute atomic E-state index is 0.161. The van der Waals surface area contributed by atoms with Crippen molar-refractivity contribution in [3.63, 3.8) is 0 Å². The number of benzene rings is 3. The number of halogens is 2. The third kappa shape index (κ3) is 3.62. The van der Waals surface area contributed by atoms with E-state index in [1.807, 2.05) is 38.1 Å². The molecule has 0 saturated carbocycles. The Morgan fingerprint density at radius 1 is 1.03 bits per heavy atom. The van der Waals surface area contributed by atoms with Crippen molar-refractivity contribution in [1.82, 2.24) is 4.90 Å². The summed E-state index contributed by atoms with van der Waals surface area (Å²) in [7, 11) is 0. The van der Waals surface area contributed by atoms with Crippen LogP contribution < -0.4 is 4.90 Å². The van der Waals surface area contributed by atoms with E-state index in [1.165, 1.54) is 23.9 Å². The molecule has 0 bridgehead atoms. The highest BCUT2D eigenvalue weighted by Gasteiger charge is 2.63. The van der Waals surface area contributed by atoms with Gasteiger partial charge in [0.1, 0.15) is 5.82 Å². The van der Waals surface area contributed by atoms with E-state index >= 15 is 0 Å². The van der Waals surface area contributed by atoms with Crippen molar-refractivity contribution in [2.75, 3.05) is 11.4 Å². The van der Waals surface area contributed by atoms with Crippen molar-refractivity contribution in [3.8, 4) is 0 Å². The van der Waals surface area contributed by atoms with Crippen LogP contribution in [-0.4, -0.2) is 28.0 Å². The van der Waals surface area contributed by atoms with E-state index < -0.39 is 4.87 Å². The van der Waals surface area contributed by atoms with Gasteiger partial charge in [-0.15, -0.1) is 11.8 Å². The molecule has 1 saturated heterocycles. The molecule has 2 aliphatic heterocycles. The van der Waals surface area contributed by atoms with Gasteiger partial charge in [0.15, 0.2) is 4.87 Å². The van der Waals surface area contributed by atoms with Gasteiger partial charge in [-0.05, 0) is 61.9 Å². The monoisotopic (exact) mass is 480 g/mol. The molecule has 0 N–H and O–H groups in total. The zero-order chi connectivity index (χ0) is 23.4. The van der Waals surface area contributed by atoms with Gasteiger partial charge in [-0.1, -0.05) is 41.9 Å². The summed E-state index contributed by atoms with van der Waals surface area (Å²) in [5, 5.41) is 0.546. The highest BCUT2D eigenvalue weighted by atomic mass is 35.5. The predicted octanol–water partition coefficient (Wildman–Crippen LogP) is 5.85. The number of carbonyl (C=O) groups is 2. The zero-order valence-corrected chi connectivity index (χ0v) is 19.8. The first-order valence-corrected chi connectivity index (χ1v) is 11.8. The average Bonchev–Trinajstić information content (AvgIpc) is 3.21. The quantitative estimate of drug-likeness (QED) is 0.472. The Morgan fingerprint density at radius 3 is 2.39 bits per heavy atom. The summed E-state index contributed by atoms with van der Waals surface area (Å²) >= 11 is 7.53. The lowest BCUT2D eigenvalue weighted by atomic mass is 10.0. The molecule has 0 radical (unpaired) electrons. The van der Waals surface area contributed by atoms with Gasteiger partial charge in [0.2, 0.25) is 0 Å². The molecule has 168 valence electrons. The zero-order valence-electron chi connectivity index (χ0n) is 18.2. The number of rotatable bonds is 3. The first-order valence-electron chi connectivity index (χ1n) is 10.6. The smallest absolute Gasteiger partial charge is 0.268 e. The maximum Gasteiger partial charge on any atom is 0.268 e. The lowest BCUT2D eigenvalue weighted by Gasteiger charge is -2.33. The van der Waals surface area contributed by atoms with Gasteiger partial charge in [0.25, 0.3) is 11.8 Å². The minimum Gasteiger partial charge on any atom is -0.310 e. The van der Waals surface area contributed by atoms with Crippen LogP contribution in [0.5, 0.6) is 0 Å². The number of fused-ring (bicyclic) bond motifs is 2.